The predicted molar refractivity (Wildman–Crippen MR) is 89.9 cm³/mol. The monoisotopic (exact) mass is 358 g/mol. The molecule has 26 heavy (non-hydrogen) atoms. The second kappa shape index (κ2) is 6.92. The number of aliphatic hydroxyl groups excluding tert-OH is 3. The predicted octanol–water partition coefficient (Wildman–Crippen LogP) is -0.555. The lowest BCUT2D eigenvalue weighted by molar-refractivity contribution is -0.0511. The fraction of sp³-hybridized carbons (Fsp3) is 0.375. The largest absolute Gasteiger partial charge is 0.394 e. The third-order valence-electron chi connectivity index (χ3n) is 4.36. The normalized spacial score (nSPS) is 25.7. The van der Waals surface area contributed by atoms with Crippen molar-refractivity contribution in [2.75, 3.05) is 11.9 Å². The molecule has 3 aromatic rings. The van der Waals surface area contributed by atoms with E-state index in [0.29, 0.717) is 23.5 Å². The molecule has 3 aromatic heterocycles. The maximum Gasteiger partial charge on any atom is 0.167 e. The molecule has 1 aliphatic heterocycles. The van der Waals surface area contributed by atoms with Gasteiger partial charge in [0.25, 0.3) is 0 Å². The van der Waals surface area contributed by atoms with Crippen LogP contribution in [-0.4, -0.2) is 64.7 Å². The summed E-state index contributed by atoms with van der Waals surface area (Å²) in [7, 11) is 0. The number of pyridine rings is 1. The Hall–Kier alpha value is -2.66. The molecule has 0 saturated carbocycles. The van der Waals surface area contributed by atoms with Gasteiger partial charge >= 0.3 is 0 Å². The Morgan fingerprint density at radius 1 is 1.12 bits per heavy atom. The molecule has 4 rings (SSSR count). The molecule has 4 N–H and O–H groups in total. The molecule has 4 heterocycles. The lowest BCUT2D eigenvalue weighted by Crippen LogP contribution is -2.33. The average Bonchev–Trinajstić information content (AvgIpc) is 3.23. The number of hydrogen-bond donors (Lipinski definition) is 4. The topological polar surface area (TPSA) is 138 Å². The number of hydrogen-bond acceptors (Lipinski definition) is 9. The second-order valence-corrected chi connectivity index (χ2v) is 5.98. The minimum absolute atomic E-state index is 0.394. The Morgan fingerprint density at radius 2 is 1.92 bits per heavy atom. The smallest absolute Gasteiger partial charge is 0.167 e. The van der Waals surface area contributed by atoms with E-state index in [-0.39, 0.29) is 0 Å². The van der Waals surface area contributed by atoms with Gasteiger partial charge in [0.1, 0.15) is 24.6 Å². The summed E-state index contributed by atoms with van der Waals surface area (Å²) in [5.74, 6) is 0.539. The van der Waals surface area contributed by atoms with Crippen molar-refractivity contribution in [1.29, 1.82) is 0 Å². The first-order chi connectivity index (χ1) is 12.7. The standard InChI is InChI=1S/C16H18N6O4/c23-6-10-12(24)13(25)16(26-10)22-8-21-11-14(19-7-20-15(11)22)18-5-9-1-3-17-4-2-9/h1-4,7-8,10,12-13,16,23-25H,5-6H2,(H,18,19,20)/t10-,12-,13-,16?/m1/s1. The molecule has 0 aromatic carbocycles. The maximum absolute atomic E-state index is 10.2. The molecular formula is C16H18N6O4. The summed E-state index contributed by atoms with van der Waals surface area (Å²) >= 11 is 0. The minimum Gasteiger partial charge on any atom is -0.394 e. The summed E-state index contributed by atoms with van der Waals surface area (Å²) in [5, 5.41) is 32.6. The van der Waals surface area contributed by atoms with E-state index >= 15 is 0 Å². The van der Waals surface area contributed by atoms with Crippen LogP contribution in [0, 0.1) is 0 Å². The lowest BCUT2D eigenvalue weighted by atomic mass is 10.1. The summed E-state index contributed by atoms with van der Waals surface area (Å²) < 4.78 is 7.07. The van der Waals surface area contributed by atoms with Crippen LogP contribution in [0.25, 0.3) is 11.2 Å². The van der Waals surface area contributed by atoms with E-state index in [9.17, 15) is 15.3 Å². The van der Waals surface area contributed by atoms with Gasteiger partial charge in [-0.3, -0.25) is 9.55 Å². The molecule has 10 heteroatoms. The summed E-state index contributed by atoms with van der Waals surface area (Å²) in [6.45, 7) is 0.143. The number of imidazole rings is 1. The van der Waals surface area contributed by atoms with Gasteiger partial charge in [-0.2, -0.15) is 0 Å². The first-order valence-corrected chi connectivity index (χ1v) is 8.12. The van der Waals surface area contributed by atoms with Crippen molar-refractivity contribution in [3.63, 3.8) is 0 Å². The van der Waals surface area contributed by atoms with Crippen molar-refractivity contribution in [3.05, 3.63) is 42.7 Å². The highest BCUT2D eigenvalue weighted by Crippen LogP contribution is 2.32. The van der Waals surface area contributed by atoms with Crippen molar-refractivity contribution in [2.24, 2.45) is 0 Å². The number of nitrogens with one attached hydrogen (secondary N) is 1. The number of ether oxygens (including phenoxy) is 1. The molecule has 10 nitrogen and oxygen atoms in total. The Labute approximate surface area is 148 Å². The number of aromatic nitrogens is 5. The van der Waals surface area contributed by atoms with Gasteiger partial charge in [-0.25, -0.2) is 15.0 Å². The van der Waals surface area contributed by atoms with Gasteiger partial charge in [0.2, 0.25) is 0 Å². The van der Waals surface area contributed by atoms with E-state index in [2.05, 4.69) is 25.3 Å². The summed E-state index contributed by atoms with van der Waals surface area (Å²) in [6.07, 6.45) is 2.13. The second-order valence-electron chi connectivity index (χ2n) is 5.98. The zero-order chi connectivity index (χ0) is 18.1. The van der Waals surface area contributed by atoms with Gasteiger partial charge in [0, 0.05) is 18.9 Å². The highest BCUT2D eigenvalue weighted by Gasteiger charge is 2.44. The molecular weight excluding hydrogens is 340 g/mol. The van der Waals surface area contributed by atoms with E-state index in [0.717, 1.165) is 5.56 Å². The van der Waals surface area contributed by atoms with Crippen LogP contribution >= 0.6 is 0 Å². The van der Waals surface area contributed by atoms with Crippen LogP contribution in [0.4, 0.5) is 5.82 Å². The first-order valence-electron chi connectivity index (χ1n) is 8.12. The van der Waals surface area contributed by atoms with Crippen LogP contribution in [0.15, 0.2) is 37.2 Å². The molecule has 1 aliphatic rings. The van der Waals surface area contributed by atoms with E-state index < -0.39 is 31.1 Å². The summed E-state index contributed by atoms with van der Waals surface area (Å²) in [6, 6.07) is 3.78. The molecule has 0 aliphatic carbocycles. The van der Waals surface area contributed by atoms with Crippen LogP contribution in [-0.2, 0) is 11.3 Å². The number of nitrogens with zero attached hydrogens (tertiary/aromatic N) is 5. The van der Waals surface area contributed by atoms with Crippen LogP contribution in [0.1, 0.15) is 11.8 Å². The van der Waals surface area contributed by atoms with Gasteiger partial charge in [-0.15, -0.1) is 0 Å². The fourth-order valence-corrected chi connectivity index (χ4v) is 2.96. The Balaban J connectivity index is 1.61. The van der Waals surface area contributed by atoms with Gasteiger partial charge in [-0.05, 0) is 17.7 Å². The molecule has 0 radical (unpaired) electrons. The highest BCUT2D eigenvalue weighted by atomic mass is 16.6. The average molecular weight is 358 g/mol. The van der Waals surface area contributed by atoms with Gasteiger partial charge < -0.3 is 25.4 Å². The van der Waals surface area contributed by atoms with E-state index in [1.807, 2.05) is 12.1 Å². The highest BCUT2D eigenvalue weighted by molar-refractivity contribution is 5.82. The zero-order valence-corrected chi connectivity index (χ0v) is 13.7. The van der Waals surface area contributed by atoms with Crippen molar-refractivity contribution in [2.45, 2.75) is 31.1 Å². The Morgan fingerprint density at radius 3 is 2.65 bits per heavy atom. The van der Waals surface area contributed by atoms with E-state index in [1.165, 1.54) is 17.2 Å². The SMILES string of the molecule is OC[C@H]1OC(n2cnc3c(NCc4ccncc4)ncnc32)[C@H](O)[C@@H]1O. The van der Waals surface area contributed by atoms with Crippen molar-refractivity contribution in [3.8, 4) is 0 Å². The lowest BCUT2D eigenvalue weighted by Gasteiger charge is -2.16. The van der Waals surface area contributed by atoms with E-state index in [1.54, 1.807) is 12.4 Å². The van der Waals surface area contributed by atoms with Crippen LogP contribution < -0.4 is 5.32 Å². The van der Waals surface area contributed by atoms with Gasteiger partial charge in [0.15, 0.2) is 23.2 Å². The molecule has 1 fully saturated rings. The Bertz CT molecular complexity index is 889. The summed E-state index contributed by atoms with van der Waals surface area (Å²) in [5.41, 5.74) is 2.00. The maximum atomic E-state index is 10.2. The molecule has 0 amide bonds. The molecule has 136 valence electrons. The van der Waals surface area contributed by atoms with Crippen LogP contribution in [0.2, 0.25) is 0 Å². The molecule has 0 bridgehead atoms. The number of fused-ring (bicyclic) bond motifs is 1. The first kappa shape index (κ1) is 16.8. The number of aliphatic hydroxyl groups is 3. The molecule has 0 spiro atoms. The molecule has 1 saturated heterocycles. The molecule has 1 unspecified atom stereocenters. The van der Waals surface area contributed by atoms with Crippen molar-refractivity contribution >= 4 is 17.0 Å². The minimum atomic E-state index is -1.20. The van der Waals surface area contributed by atoms with Crippen molar-refractivity contribution < 1.29 is 20.1 Å². The zero-order valence-electron chi connectivity index (χ0n) is 13.7. The third kappa shape index (κ3) is 2.88. The fourth-order valence-electron chi connectivity index (χ4n) is 2.96. The summed E-state index contributed by atoms with van der Waals surface area (Å²) in [4.78, 5) is 16.7. The van der Waals surface area contributed by atoms with Crippen LogP contribution in [0.3, 0.4) is 0 Å². The van der Waals surface area contributed by atoms with Crippen molar-refractivity contribution in [1.82, 2.24) is 24.5 Å². The quantitative estimate of drug-likeness (QED) is 0.473. The molecule has 4 atom stereocenters. The van der Waals surface area contributed by atoms with Gasteiger partial charge in [0.05, 0.1) is 12.9 Å². The Kier molecular flexibility index (Phi) is 4.47. The van der Waals surface area contributed by atoms with E-state index in [4.69, 9.17) is 4.74 Å². The number of rotatable bonds is 5. The third-order valence-corrected chi connectivity index (χ3v) is 4.36. The van der Waals surface area contributed by atoms with Crippen LogP contribution in [0.5, 0.6) is 0 Å². The number of anilines is 1. The van der Waals surface area contributed by atoms with Gasteiger partial charge in [-0.1, -0.05) is 0 Å².